The van der Waals surface area contributed by atoms with Crippen molar-refractivity contribution in [3.8, 4) is 0 Å². The Morgan fingerprint density at radius 3 is 1.03 bits per heavy atom. The van der Waals surface area contributed by atoms with E-state index in [4.69, 9.17) is 0 Å². The van der Waals surface area contributed by atoms with Gasteiger partial charge in [0.2, 0.25) is 5.91 Å². The number of unbranched alkanes of at least 4 members (excludes halogenated alkanes) is 32. The number of aliphatic hydroxyl groups is 2. The number of aliphatic hydroxyl groups excluding tert-OH is 2. The SMILES string of the molecule is CC/C=C\C/C=C\C/C=C\C/C=C\C/C=C\C/C=C\CCCCCCCCC(=O)NC(CO)C(O)/C=C/CC/C=C/CCCCCCCCCCCCCCCCCCCCCCCCCCC. The second kappa shape index (κ2) is 58.6. The summed E-state index contributed by atoms with van der Waals surface area (Å²) in [5, 5.41) is 23.2. The largest absolute Gasteiger partial charge is 0.394 e. The first-order valence-electron chi connectivity index (χ1n) is 29.5. The predicted octanol–water partition coefficient (Wildman–Crippen LogP) is 19.7. The van der Waals surface area contributed by atoms with Crippen LogP contribution in [-0.2, 0) is 4.79 Å². The number of hydrogen-bond donors (Lipinski definition) is 3. The molecule has 68 heavy (non-hydrogen) atoms. The standard InChI is InChI=1S/C64H113NO3/c1-3-5-7-9-11-13-15-17-19-21-23-25-27-29-30-31-32-33-34-36-37-39-41-43-45-47-49-51-53-55-57-59-63(67)62(61-66)65-64(68)60-58-56-54-52-50-48-46-44-42-40-38-35-28-26-24-22-20-18-16-14-12-10-8-6-4-2/h6,8,12,14,18,20,24,26,35,38,42,44,49,51,57,59,62-63,66-67H,3-5,7,9-11,13,15-17,19,21-23,25,27-34,36-37,39-41,43,45-48,50,52-56,58,60-61H2,1-2H3,(H,65,68)/b8-6-,14-12-,20-18-,26-24-,38-35-,44-42-,51-49+,59-57+. The van der Waals surface area contributed by atoms with E-state index in [2.05, 4.69) is 104 Å². The Hall–Kier alpha value is -2.69. The average Bonchev–Trinajstić information content (AvgIpc) is 3.34. The summed E-state index contributed by atoms with van der Waals surface area (Å²) in [5.74, 6) is -0.0898. The van der Waals surface area contributed by atoms with Crippen molar-refractivity contribution in [2.24, 2.45) is 0 Å². The summed E-state index contributed by atoms with van der Waals surface area (Å²) in [6.07, 6.45) is 87.2. The number of nitrogens with one attached hydrogen (secondary N) is 1. The Morgan fingerprint density at radius 1 is 0.368 bits per heavy atom. The number of carbonyl (C=O) groups excluding carboxylic acids is 1. The van der Waals surface area contributed by atoms with Crippen LogP contribution in [0.3, 0.4) is 0 Å². The smallest absolute Gasteiger partial charge is 0.220 e. The van der Waals surface area contributed by atoms with Gasteiger partial charge >= 0.3 is 0 Å². The molecule has 3 N–H and O–H groups in total. The average molecular weight is 945 g/mol. The summed E-state index contributed by atoms with van der Waals surface area (Å²) in [6.45, 7) is 4.19. The minimum atomic E-state index is -0.877. The van der Waals surface area contributed by atoms with Crippen molar-refractivity contribution in [1.82, 2.24) is 5.32 Å². The molecule has 2 atom stereocenters. The van der Waals surface area contributed by atoms with Crippen molar-refractivity contribution in [3.05, 3.63) is 97.2 Å². The molecule has 392 valence electrons. The summed E-state index contributed by atoms with van der Waals surface area (Å²) < 4.78 is 0. The highest BCUT2D eigenvalue weighted by molar-refractivity contribution is 5.76. The molecular weight excluding hydrogens is 831 g/mol. The highest BCUT2D eigenvalue weighted by Crippen LogP contribution is 2.17. The predicted molar refractivity (Wildman–Crippen MR) is 303 cm³/mol. The van der Waals surface area contributed by atoms with E-state index in [-0.39, 0.29) is 12.5 Å². The summed E-state index contributed by atoms with van der Waals surface area (Å²) >= 11 is 0. The topological polar surface area (TPSA) is 69.6 Å². The maximum Gasteiger partial charge on any atom is 0.220 e. The Balaban J connectivity index is 3.58. The van der Waals surface area contributed by atoms with Crippen molar-refractivity contribution in [3.63, 3.8) is 0 Å². The van der Waals surface area contributed by atoms with Crippen LogP contribution >= 0.6 is 0 Å². The van der Waals surface area contributed by atoms with E-state index in [1.807, 2.05) is 6.08 Å². The van der Waals surface area contributed by atoms with Crippen LogP contribution in [0.5, 0.6) is 0 Å². The van der Waals surface area contributed by atoms with Gasteiger partial charge in [0, 0.05) is 6.42 Å². The minimum absolute atomic E-state index is 0.0898. The zero-order valence-electron chi connectivity index (χ0n) is 45.1. The van der Waals surface area contributed by atoms with Gasteiger partial charge in [0.15, 0.2) is 0 Å². The summed E-state index contributed by atoms with van der Waals surface area (Å²) in [4.78, 5) is 12.5. The van der Waals surface area contributed by atoms with E-state index >= 15 is 0 Å². The van der Waals surface area contributed by atoms with Gasteiger partial charge in [-0.05, 0) is 83.5 Å². The van der Waals surface area contributed by atoms with Gasteiger partial charge in [0.05, 0.1) is 18.8 Å². The molecule has 4 heteroatoms. The quantitative estimate of drug-likeness (QED) is 0.0420. The molecule has 4 nitrogen and oxygen atoms in total. The molecule has 0 bridgehead atoms. The molecule has 0 aromatic carbocycles. The van der Waals surface area contributed by atoms with Crippen LogP contribution in [0, 0.1) is 0 Å². The summed E-state index contributed by atoms with van der Waals surface area (Å²) in [6, 6.07) is -0.656. The van der Waals surface area contributed by atoms with Crippen LogP contribution in [0.25, 0.3) is 0 Å². The highest BCUT2D eigenvalue weighted by atomic mass is 16.3. The molecule has 0 aromatic heterocycles. The van der Waals surface area contributed by atoms with Crippen molar-refractivity contribution in [1.29, 1.82) is 0 Å². The lowest BCUT2D eigenvalue weighted by Gasteiger charge is -2.19. The molecule has 0 spiro atoms. The van der Waals surface area contributed by atoms with Gasteiger partial charge in [-0.15, -0.1) is 0 Å². The van der Waals surface area contributed by atoms with E-state index in [0.717, 1.165) is 83.5 Å². The van der Waals surface area contributed by atoms with Gasteiger partial charge in [-0.3, -0.25) is 4.79 Å². The fraction of sp³-hybridized carbons (Fsp3) is 0.734. The van der Waals surface area contributed by atoms with Gasteiger partial charge < -0.3 is 15.5 Å². The van der Waals surface area contributed by atoms with Crippen LogP contribution in [-0.4, -0.2) is 34.9 Å². The molecule has 0 saturated heterocycles. The second-order valence-corrected chi connectivity index (χ2v) is 19.7. The molecule has 0 aliphatic heterocycles. The molecule has 0 aliphatic carbocycles. The molecule has 0 fully saturated rings. The fourth-order valence-electron chi connectivity index (χ4n) is 8.61. The number of amides is 1. The van der Waals surface area contributed by atoms with Crippen LogP contribution in [0.1, 0.15) is 284 Å². The van der Waals surface area contributed by atoms with E-state index in [9.17, 15) is 15.0 Å². The van der Waals surface area contributed by atoms with Crippen molar-refractivity contribution >= 4 is 5.91 Å². The first kappa shape index (κ1) is 65.3. The molecule has 0 rings (SSSR count). The summed E-state index contributed by atoms with van der Waals surface area (Å²) in [5.41, 5.74) is 0. The van der Waals surface area contributed by atoms with Gasteiger partial charge in [0.1, 0.15) is 0 Å². The second-order valence-electron chi connectivity index (χ2n) is 19.7. The third-order valence-electron chi connectivity index (χ3n) is 13.1. The summed E-state index contributed by atoms with van der Waals surface area (Å²) in [7, 11) is 0. The monoisotopic (exact) mass is 944 g/mol. The Bertz CT molecular complexity index is 1250. The lowest BCUT2D eigenvalue weighted by Crippen LogP contribution is -2.45. The Labute approximate surface area is 424 Å². The first-order valence-corrected chi connectivity index (χ1v) is 29.5. The van der Waals surface area contributed by atoms with Crippen molar-refractivity contribution in [2.45, 2.75) is 296 Å². The van der Waals surface area contributed by atoms with E-state index in [0.29, 0.717) is 6.42 Å². The van der Waals surface area contributed by atoms with E-state index in [1.54, 1.807) is 6.08 Å². The van der Waals surface area contributed by atoms with E-state index in [1.165, 1.54) is 180 Å². The fourth-order valence-corrected chi connectivity index (χ4v) is 8.61. The minimum Gasteiger partial charge on any atom is -0.394 e. The number of hydrogen-bond acceptors (Lipinski definition) is 3. The maximum atomic E-state index is 12.5. The molecule has 0 radical (unpaired) electrons. The number of carbonyl (C=O) groups is 1. The Morgan fingerprint density at radius 2 is 0.662 bits per heavy atom. The Kier molecular flexibility index (Phi) is 56.3. The van der Waals surface area contributed by atoms with Crippen LogP contribution in [0.15, 0.2) is 97.2 Å². The van der Waals surface area contributed by atoms with Crippen molar-refractivity contribution in [2.75, 3.05) is 6.61 Å². The molecule has 0 aromatic rings. The zero-order chi connectivity index (χ0) is 49.2. The van der Waals surface area contributed by atoms with Gasteiger partial charge in [-0.1, -0.05) is 291 Å². The highest BCUT2D eigenvalue weighted by Gasteiger charge is 2.18. The van der Waals surface area contributed by atoms with Crippen LogP contribution < -0.4 is 5.32 Å². The van der Waals surface area contributed by atoms with Crippen LogP contribution in [0.2, 0.25) is 0 Å². The number of allylic oxidation sites excluding steroid dienone is 15. The lowest BCUT2D eigenvalue weighted by atomic mass is 10.0. The van der Waals surface area contributed by atoms with Crippen LogP contribution in [0.4, 0.5) is 0 Å². The normalized spacial score (nSPS) is 13.5. The first-order chi connectivity index (χ1) is 33.7. The molecule has 1 amide bonds. The molecule has 0 heterocycles. The molecule has 2 unspecified atom stereocenters. The molecular formula is C64H113NO3. The lowest BCUT2D eigenvalue weighted by molar-refractivity contribution is -0.123. The molecule has 0 aliphatic rings. The van der Waals surface area contributed by atoms with E-state index < -0.39 is 12.1 Å². The number of rotatable bonds is 53. The van der Waals surface area contributed by atoms with Gasteiger partial charge in [0.25, 0.3) is 0 Å². The van der Waals surface area contributed by atoms with Gasteiger partial charge in [-0.25, -0.2) is 0 Å². The third kappa shape index (κ3) is 54.3. The third-order valence-corrected chi connectivity index (χ3v) is 13.1. The molecule has 0 saturated carbocycles. The zero-order valence-corrected chi connectivity index (χ0v) is 45.1. The van der Waals surface area contributed by atoms with Crippen molar-refractivity contribution < 1.29 is 15.0 Å². The maximum absolute atomic E-state index is 12.5. The van der Waals surface area contributed by atoms with Gasteiger partial charge in [-0.2, -0.15) is 0 Å².